The van der Waals surface area contributed by atoms with Crippen molar-refractivity contribution >= 4 is 9.39 Å². The molecular formula is C12H28NP. The molecule has 0 amide bonds. The van der Waals surface area contributed by atoms with Gasteiger partial charge >= 0.3 is 0 Å². The summed E-state index contributed by atoms with van der Waals surface area (Å²) in [6, 6.07) is 0. The zero-order valence-corrected chi connectivity index (χ0v) is 11.3. The van der Waals surface area contributed by atoms with Crippen LogP contribution in [0.5, 0.6) is 0 Å². The Bertz CT molecular complexity index is 94.5. The topological polar surface area (TPSA) is 3.24 Å². The summed E-state index contributed by atoms with van der Waals surface area (Å²) in [6.07, 6.45) is 11.0. The normalized spacial score (nSPS) is 11.1. The Morgan fingerprint density at radius 3 is 1.50 bits per heavy atom. The van der Waals surface area contributed by atoms with Gasteiger partial charge in [-0.25, -0.2) is 0 Å². The summed E-state index contributed by atoms with van der Waals surface area (Å²) in [7, 11) is 2.86. The first-order valence-electron chi connectivity index (χ1n) is 6.30. The van der Waals surface area contributed by atoms with Crippen molar-refractivity contribution in [3.63, 3.8) is 0 Å². The molecule has 0 N–H and O–H groups in total. The third-order valence-electron chi connectivity index (χ3n) is 2.60. The summed E-state index contributed by atoms with van der Waals surface area (Å²) < 4.78 is 2.41. The van der Waals surface area contributed by atoms with E-state index in [9.17, 15) is 0 Å². The lowest BCUT2D eigenvalue weighted by atomic mass is 10.2. The van der Waals surface area contributed by atoms with Crippen LogP contribution in [0.2, 0.25) is 0 Å². The molecule has 0 aromatic rings. The first-order chi connectivity index (χ1) is 6.81. The average Bonchev–Trinajstić information content (AvgIpc) is 2.19. The molecule has 0 saturated heterocycles. The Labute approximate surface area is 92.9 Å². The SMILES string of the molecule is CCCCCCN(P)CCCCCC. The van der Waals surface area contributed by atoms with Crippen LogP contribution < -0.4 is 0 Å². The molecule has 0 fully saturated rings. The highest BCUT2D eigenvalue weighted by Crippen LogP contribution is 2.08. The lowest BCUT2D eigenvalue weighted by Crippen LogP contribution is -2.14. The predicted octanol–water partition coefficient (Wildman–Crippen LogP) is 4.24. The highest BCUT2D eigenvalue weighted by atomic mass is 31.0. The van der Waals surface area contributed by atoms with E-state index >= 15 is 0 Å². The van der Waals surface area contributed by atoms with E-state index in [1.807, 2.05) is 0 Å². The molecule has 0 aromatic carbocycles. The van der Waals surface area contributed by atoms with Gasteiger partial charge in [0.2, 0.25) is 0 Å². The van der Waals surface area contributed by atoms with Crippen LogP contribution in [0.4, 0.5) is 0 Å². The van der Waals surface area contributed by atoms with Crippen molar-refractivity contribution in [3.05, 3.63) is 0 Å². The summed E-state index contributed by atoms with van der Waals surface area (Å²) in [5, 5.41) is 0. The molecule has 1 unspecified atom stereocenters. The summed E-state index contributed by atoms with van der Waals surface area (Å²) in [4.78, 5) is 0. The third-order valence-corrected chi connectivity index (χ3v) is 3.11. The molecule has 0 aliphatic heterocycles. The number of hydrogen-bond acceptors (Lipinski definition) is 1. The Balaban J connectivity index is 3.07. The van der Waals surface area contributed by atoms with Gasteiger partial charge in [-0.05, 0) is 12.8 Å². The van der Waals surface area contributed by atoms with E-state index in [-0.39, 0.29) is 0 Å². The van der Waals surface area contributed by atoms with Crippen molar-refractivity contribution in [1.82, 2.24) is 4.67 Å². The summed E-state index contributed by atoms with van der Waals surface area (Å²) >= 11 is 0. The van der Waals surface area contributed by atoms with Crippen LogP contribution in [0.3, 0.4) is 0 Å². The van der Waals surface area contributed by atoms with Gasteiger partial charge in [0.1, 0.15) is 0 Å². The zero-order chi connectivity index (χ0) is 10.6. The van der Waals surface area contributed by atoms with Crippen molar-refractivity contribution in [2.45, 2.75) is 65.2 Å². The van der Waals surface area contributed by atoms with E-state index in [1.165, 1.54) is 64.5 Å². The Morgan fingerprint density at radius 1 is 0.714 bits per heavy atom. The first kappa shape index (κ1) is 14.4. The van der Waals surface area contributed by atoms with Crippen LogP contribution in [-0.4, -0.2) is 17.8 Å². The fourth-order valence-electron chi connectivity index (χ4n) is 1.60. The molecule has 86 valence electrons. The molecule has 14 heavy (non-hydrogen) atoms. The lowest BCUT2D eigenvalue weighted by molar-refractivity contribution is 0.427. The van der Waals surface area contributed by atoms with Crippen LogP contribution in [0.1, 0.15) is 65.2 Å². The van der Waals surface area contributed by atoms with Crippen molar-refractivity contribution in [3.8, 4) is 0 Å². The maximum absolute atomic E-state index is 2.86. The summed E-state index contributed by atoms with van der Waals surface area (Å²) in [6.45, 7) is 7.06. The van der Waals surface area contributed by atoms with Gasteiger partial charge < -0.3 is 0 Å². The highest BCUT2D eigenvalue weighted by Gasteiger charge is 1.97. The minimum Gasteiger partial charge on any atom is -0.287 e. The molecule has 2 heteroatoms. The van der Waals surface area contributed by atoms with E-state index in [1.54, 1.807) is 0 Å². The molecule has 0 radical (unpaired) electrons. The minimum atomic E-state index is 1.26. The van der Waals surface area contributed by atoms with E-state index in [2.05, 4.69) is 27.9 Å². The second-order valence-corrected chi connectivity index (χ2v) is 4.89. The Morgan fingerprint density at radius 2 is 1.14 bits per heavy atom. The summed E-state index contributed by atoms with van der Waals surface area (Å²) in [5.41, 5.74) is 0. The second kappa shape index (κ2) is 11.5. The van der Waals surface area contributed by atoms with Crippen LogP contribution in [0.15, 0.2) is 0 Å². The molecule has 0 rings (SSSR count). The van der Waals surface area contributed by atoms with Crippen molar-refractivity contribution < 1.29 is 0 Å². The Kier molecular flexibility index (Phi) is 11.8. The number of hydrogen-bond donors (Lipinski definition) is 0. The van der Waals surface area contributed by atoms with Crippen molar-refractivity contribution in [2.75, 3.05) is 13.1 Å². The number of unbranched alkanes of at least 4 members (excludes halogenated alkanes) is 6. The van der Waals surface area contributed by atoms with E-state index < -0.39 is 0 Å². The molecule has 0 aromatic heterocycles. The van der Waals surface area contributed by atoms with Crippen LogP contribution >= 0.6 is 9.39 Å². The van der Waals surface area contributed by atoms with Gasteiger partial charge in [0.15, 0.2) is 0 Å². The zero-order valence-electron chi connectivity index (χ0n) is 10.1. The molecule has 0 spiro atoms. The quantitative estimate of drug-likeness (QED) is 0.391. The van der Waals surface area contributed by atoms with Gasteiger partial charge in [-0.2, -0.15) is 0 Å². The molecule has 1 nitrogen and oxygen atoms in total. The molecule has 1 atom stereocenters. The smallest absolute Gasteiger partial charge is 0.00161 e. The van der Waals surface area contributed by atoms with Crippen molar-refractivity contribution in [1.29, 1.82) is 0 Å². The molecule has 0 heterocycles. The molecule has 0 aliphatic rings. The monoisotopic (exact) mass is 217 g/mol. The van der Waals surface area contributed by atoms with Crippen molar-refractivity contribution in [2.24, 2.45) is 0 Å². The van der Waals surface area contributed by atoms with Gasteiger partial charge in [-0.1, -0.05) is 61.8 Å². The van der Waals surface area contributed by atoms with Gasteiger partial charge in [0.05, 0.1) is 0 Å². The fourth-order valence-corrected chi connectivity index (χ4v) is 1.96. The highest BCUT2D eigenvalue weighted by molar-refractivity contribution is 7.13. The predicted molar refractivity (Wildman–Crippen MR) is 69.6 cm³/mol. The van der Waals surface area contributed by atoms with Gasteiger partial charge in [0, 0.05) is 13.1 Å². The molecule has 0 aliphatic carbocycles. The average molecular weight is 217 g/mol. The van der Waals surface area contributed by atoms with Crippen LogP contribution in [-0.2, 0) is 0 Å². The fraction of sp³-hybridized carbons (Fsp3) is 1.00. The number of nitrogens with zero attached hydrogens (tertiary/aromatic N) is 1. The molecule has 0 bridgehead atoms. The van der Waals surface area contributed by atoms with E-state index in [0.29, 0.717) is 0 Å². The van der Waals surface area contributed by atoms with Gasteiger partial charge in [-0.15, -0.1) is 0 Å². The maximum Gasteiger partial charge on any atom is 0.00161 e. The summed E-state index contributed by atoms with van der Waals surface area (Å²) in [5.74, 6) is 0. The number of rotatable bonds is 10. The van der Waals surface area contributed by atoms with Crippen LogP contribution in [0, 0.1) is 0 Å². The van der Waals surface area contributed by atoms with Gasteiger partial charge in [-0.3, -0.25) is 4.67 Å². The van der Waals surface area contributed by atoms with Crippen LogP contribution in [0.25, 0.3) is 0 Å². The minimum absolute atomic E-state index is 1.26. The van der Waals surface area contributed by atoms with Gasteiger partial charge in [0.25, 0.3) is 0 Å². The lowest BCUT2D eigenvalue weighted by Gasteiger charge is -2.15. The van der Waals surface area contributed by atoms with E-state index in [0.717, 1.165) is 0 Å². The maximum atomic E-state index is 2.86. The largest absolute Gasteiger partial charge is 0.287 e. The molecule has 0 saturated carbocycles. The third kappa shape index (κ3) is 10.5. The standard InChI is InChI=1S/C12H28NP/c1-3-5-7-9-11-13(14)12-10-8-6-4-2/h3-12,14H2,1-2H3. The van der Waals surface area contributed by atoms with E-state index in [4.69, 9.17) is 0 Å². The Hall–Kier alpha value is 0.390. The second-order valence-electron chi connectivity index (χ2n) is 4.16. The first-order valence-corrected chi connectivity index (χ1v) is 6.82. The molecular weight excluding hydrogens is 189 g/mol.